The van der Waals surface area contributed by atoms with E-state index in [9.17, 15) is 4.79 Å². The van der Waals surface area contributed by atoms with Crippen LogP contribution < -0.4 is 5.32 Å². The Labute approximate surface area is 90.7 Å². The van der Waals surface area contributed by atoms with Crippen molar-refractivity contribution in [3.8, 4) is 0 Å². The van der Waals surface area contributed by atoms with Crippen LogP contribution in [-0.4, -0.2) is 22.2 Å². The zero-order valence-corrected chi connectivity index (χ0v) is 9.66. The Kier molecular flexibility index (Phi) is 4.34. The van der Waals surface area contributed by atoms with Gasteiger partial charge in [-0.3, -0.25) is 9.48 Å². The van der Waals surface area contributed by atoms with Crippen LogP contribution in [0, 0.1) is 12.8 Å². The minimum Gasteiger partial charge on any atom is -0.356 e. The lowest BCUT2D eigenvalue weighted by Crippen LogP contribution is -2.28. The van der Waals surface area contributed by atoms with E-state index < -0.39 is 0 Å². The van der Waals surface area contributed by atoms with E-state index in [4.69, 9.17) is 0 Å². The minimum absolute atomic E-state index is 0.0959. The van der Waals surface area contributed by atoms with Crippen LogP contribution in [0.25, 0.3) is 0 Å². The van der Waals surface area contributed by atoms with Gasteiger partial charge in [0.25, 0.3) is 0 Å². The molecule has 84 valence electrons. The first-order chi connectivity index (χ1) is 7.09. The first-order valence-corrected chi connectivity index (χ1v) is 5.34. The van der Waals surface area contributed by atoms with Crippen LogP contribution in [0.3, 0.4) is 0 Å². The van der Waals surface area contributed by atoms with Crippen LogP contribution in [0.1, 0.15) is 26.0 Å². The lowest BCUT2D eigenvalue weighted by Gasteiger charge is -2.08. The summed E-state index contributed by atoms with van der Waals surface area (Å²) in [6.07, 6.45) is 2.25. The summed E-state index contributed by atoms with van der Waals surface area (Å²) in [7, 11) is 0. The van der Waals surface area contributed by atoms with Gasteiger partial charge in [0.15, 0.2) is 0 Å². The topological polar surface area (TPSA) is 46.9 Å². The lowest BCUT2D eigenvalue weighted by molar-refractivity contribution is -0.121. The number of nitrogens with zero attached hydrogens (tertiary/aromatic N) is 2. The molecule has 1 N–H and O–H groups in total. The van der Waals surface area contributed by atoms with Crippen molar-refractivity contribution in [1.82, 2.24) is 15.1 Å². The van der Waals surface area contributed by atoms with Crippen molar-refractivity contribution in [2.45, 2.75) is 33.7 Å². The van der Waals surface area contributed by atoms with E-state index in [0.29, 0.717) is 18.9 Å². The SMILES string of the molecule is Cc1ccnn1CCC(=O)NCC(C)C. The van der Waals surface area contributed by atoms with E-state index in [2.05, 4.69) is 24.3 Å². The maximum Gasteiger partial charge on any atom is 0.221 e. The van der Waals surface area contributed by atoms with Gasteiger partial charge in [-0.15, -0.1) is 0 Å². The molecule has 1 aromatic rings. The highest BCUT2D eigenvalue weighted by molar-refractivity contribution is 5.75. The number of carbonyl (C=O) groups is 1. The van der Waals surface area contributed by atoms with Crippen LogP contribution in [0.15, 0.2) is 12.3 Å². The fourth-order valence-corrected chi connectivity index (χ4v) is 1.25. The van der Waals surface area contributed by atoms with E-state index in [1.165, 1.54) is 0 Å². The molecule has 15 heavy (non-hydrogen) atoms. The molecule has 0 aromatic carbocycles. The Balaban J connectivity index is 2.26. The Bertz CT molecular complexity index is 317. The number of rotatable bonds is 5. The molecule has 1 amide bonds. The molecular formula is C11H19N3O. The smallest absolute Gasteiger partial charge is 0.221 e. The molecule has 1 aromatic heterocycles. The van der Waals surface area contributed by atoms with Gasteiger partial charge in [-0.1, -0.05) is 13.8 Å². The lowest BCUT2D eigenvalue weighted by atomic mass is 10.2. The van der Waals surface area contributed by atoms with E-state index in [-0.39, 0.29) is 5.91 Å². The normalized spacial score (nSPS) is 10.7. The maximum atomic E-state index is 11.4. The van der Waals surface area contributed by atoms with E-state index in [1.807, 2.05) is 17.7 Å². The fraction of sp³-hybridized carbons (Fsp3) is 0.636. The molecule has 0 aliphatic rings. The van der Waals surface area contributed by atoms with Crippen LogP contribution in [0.4, 0.5) is 0 Å². The number of amides is 1. The van der Waals surface area contributed by atoms with Crippen molar-refractivity contribution in [2.75, 3.05) is 6.54 Å². The maximum absolute atomic E-state index is 11.4. The van der Waals surface area contributed by atoms with Crippen molar-refractivity contribution in [1.29, 1.82) is 0 Å². The highest BCUT2D eigenvalue weighted by Crippen LogP contribution is 1.97. The van der Waals surface area contributed by atoms with Gasteiger partial charge in [0.2, 0.25) is 5.91 Å². The second-order valence-electron chi connectivity index (χ2n) is 4.14. The second-order valence-corrected chi connectivity index (χ2v) is 4.14. The number of hydrogen-bond acceptors (Lipinski definition) is 2. The van der Waals surface area contributed by atoms with E-state index in [1.54, 1.807) is 6.20 Å². The van der Waals surface area contributed by atoms with Crippen molar-refractivity contribution >= 4 is 5.91 Å². The molecule has 1 rings (SSSR count). The quantitative estimate of drug-likeness (QED) is 0.795. The Morgan fingerprint density at radius 3 is 2.87 bits per heavy atom. The molecule has 0 saturated heterocycles. The monoisotopic (exact) mass is 209 g/mol. The summed E-state index contributed by atoms with van der Waals surface area (Å²) in [4.78, 5) is 11.4. The third-order valence-corrected chi connectivity index (χ3v) is 2.19. The summed E-state index contributed by atoms with van der Waals surface area (Å²) in [5, 5.41) is 7.00. The summed E-state index contributed by atoms with van der Waals surface area (Å²) in [6, 6.07) is 1.94. The molecule has 0 aliphatic carbocycles. The molecule has 0 fully saturated rings. The Morgan fingerprint density at radius 1 is 1.60 bits per heavy atom. The number of hydrogen-bond donors (Lipinski definition) is 1. The molecule has 0 spiro atoms. The van der Waals surface area contributed by atoms with Crippen molar-refractivity contribution < 1.29 is 4.79 Å². The highest BCUT2D eigenvalue weighted by atomic mass is 16.1. The molecule has 0 aliphatic heterocycles. The molecule has 4 nitrogen and oxygen atoms in total. The van der Waals surface area contributed by atoms with Crippen molar-refractivity contribution in [2.24, 2.45) is 5.92 Å². The molecule has 0 atom stereocenters. The standard InChI is InChI=1S/C11H19N3O/c1-9(2)8-12-11(15)5-7-14-10(3)4-6-13-14/h4,6,9H,5,7-8H2,1-3H3,(H,12,15). The summed E-state index contributed by atoms with van der Waals surface area (Å²) in [5.41, 5.74) is 1.09. The van der Waals surface area contributed by atoms with Gasteiger partial charge in [0, 0.05) is 31.4 Å². The first kappa shape index (κ1) is 11.8. The third-order valence-electron chi connectivity index (χ3n) is 2.19. The van der Waals surface area contributed by atoms with Gasteiger partial charge < -0.3 is 5.32 Å². The van der Waals surface area contributed by atoms with Gasteiger partial charge in [0.05, 0.1) is 0 Å². The van der Waals surface area contributed by atoms with Gasteiger partial charge >= 0.3 is 0 Å². The zero-order valence-electron chi connectivity index (χ0n) is 9.66. The summed E-state index contributed by atoms with van der Waals surface area (Å²) in [6.45, 7) is 7.55. The van der Waals surface area contributed by atoms with Crippen LogP contribution in [0.5, 0.6) is 0 Å². The molecule has 4 heteroatoms. The predicted octanol–water partition coefficient (Wildman–Crippen LogP) is 1.35. The molecule has 0 saturated carbocycles. The average Bonchev–Trinajstić information content (AvgIpc) is 2.58. The molecule has 1 heterocycles. The predicted molar refractivity (Wildman–Crippen MR) is 59.4 cm³/mol. The Morgan fingerprint density at radius 2 is 2.33 bits per heavy atom. The van der Waals surface area contributed by atoms with Gasteiger partial charge in [-0.2, -0.15) is 5.10 Å². The number of nitrogens with one attached hydrogen (secondary N) is 1. The molecule has 0 bridgehead atoms. The zero-order chi connectivity index (χ0) is 11.3. The van der Waals surface area contributed by atoms with Gasteiger partial charge in [-0.25, -0.2) is 0 Å². The van der Waals surface area contributed by atoms with Crippen LogP contribution in [0.2, 0.25) is 0 Å². The number of aromatic nitrogens is 2. The van der Waals surface area contributed by atoms with E-state index in [0.717, 1.165) is 12.2 Å². The summed E-state index contributed by atoms with van der Waals surface area (Å²) in [5.74, 6) is 0.596. The first-order valence-electron chi connectivity index (χ1n) is 5.34. The van der Waals surface area contributed by atoms with Gasteiger partial charge in [0.1, 0.15) is 0 Å². The van der Waals surface area contributed by atoms with E-state index >= 15 is 0 Å². The minimum atomic E-state index is 0.0959. The second kappa shape index (κ2) is 5.53. The number of carbonyl (C=O) groups excluding carboxylic acids is 1. The van der Waals surface area contributed by atoms with Crippen LogP contribution >= 0.6 is 0 Å². The highest BCUT2D eigenvalue weighted by Gasteiger charge is 2.03. The third kappa shape index (κ3) is 4.14. The van der Waals surface area contributed by atoms with Crippen molar-refractivity contribution in [3.05, 3.63) is 18.0 Å². The van der Waals surface area contributed by atoms with Crippen molar-refractivity contribution in [3.63, 3.8) is 0 Å². The summed E-state index contributed by atoms with van der Waals surface area (Å²) >= 11 is 0. The summed E-state index contributed by atoms with van der Waals surface area (Å²) < 4.78 is 1.84. The molecule has 0 unspecified atom stereocenters. The average molecular weight is 209 g/mol. The Hall–Kier alpha value is -1.32. The molecule has 0 radical (unpaired) electrons. The fourth-order valence-electron chi connectivity index (χ4n) is 1.25. The van der Waals surface area contributed by atoms with Gasteiger partial charge in [-0.05, 0) is 18.9 Å². The van der Waals surface area contributed by atoms with Crippen LogP contribution in [-0.2, 0) is 11.3 Å². The number of aryl methyl sites for hydroxylation is 2. The molecular weight excluding hydrogens is 190 g/mol. The largest absolute Gasteiger partial charge is 0.356 e.